The van der Waals surface area contributed by atoms with E-state index in [-0.39, 0.29) is 5.41 Å². The lowest BCUT2D eigenvalue weighted by atomic mass is 9.94. The van der Waals surface area contributed by atoms with Gasteiger partial charge in [-0.1, -0.05) is 20.8 Å². The van der Waals surface area contributed by atoms with Crippen LogP contribution in [-0.4, -0.2) is 29.0 Å². The summed E-state index contributed by atoms with van der Waals surface area (Å²) in [6.07, 6.45) is 3.04. The van der Waals surface area contributed by atoms with Gasteiger partial charge in [0.15, 0.2) is 0 Å². The molecule has 2 unspecified atom stereocenters. The zero-order valence-electron chi connectivity index (χ0n) is 11.9. The number of nitrogens with two attached hydrogens (primary N) is 1. The summed E-state index contributed by atoms with van der Waals surface area (Å²) >= 11 is 0. The standard InChI is InChI=1S/C14H25N3O/c1-10-5-11(6-15)8-17(10)9-13-16-7-12(18-13)14(2,3)4/h7,10-11H,5-6,8-9,15H2,1-4H3. The maximum Gasteiger partial charge on any atom is 0.208 e. The second kappa shape index (κ2) is 5.02. The summed E-state index contributed by atoms with van der Waals surface area (Å²) in [5.41, 5.74) is 5.78. The minimum Gasteiger partial charge on any atom is -0.444 e. The highest BCUT2D eigenvalue weighted by atomic mass is 16.4. The summed E-state index contributed by atoms with van der Waals surface area (Å²) in [5.74, 6) is 2.40. The van der Waals surface area contributed by atoms with E-state index in [2.05, 4.69) is 37.6 Å². The molecule has 1 saturated heterocycles. The van der Waals surface area contributed by atoms with Gasteiger partial charge in [-0.05, 0) is 25.8 Å². The van der Waals surface area contributed by atoms with Crippen LogP contribution in [-0.2, 0) is 12.0 Å². The van der Waals surface area contributed by atoms with E-state index in [1.165, 1.54) is 6.42 Å². The van der Waals surface area contributed by atoms with Crippen LogP contribution >= 0.6 is 0 Å². The van der Waals surface area contributed by atoms with Crippen LogP contribution in [0.1, 0.15) is 45.8 Å². The molecule has 1 aromatic rings. The van der Waals surface area contributed by atoms with E-state index in [0.717, 1.165) is 31.3 Å². The lowest BCUT2D eigenvalue weighted by Gasteiger charge is -2.19. The number of likely N-dealkylation sites (tertiary alicyclic amines) is 1. The van der Waals surface area contributed by atoms with Crippen molar-refractivity contribution in [2.24, 2.45) is 11.7 Å². The van der Waals surface area contributed by atoms with Gasteiger partial charge in [0.25, 0.3) is 0 Å². The first-order chi connectivity index (χ1) is 8.40. The Kier molecular flexibility index (Phi) is 3.78. The van der Waals surface area contributed by atoms with E-state index in [4.69, 9.17) is 10.2 Å². The Morgan fingerprint density at radius 1 is 1.50 bits per heavy atom. The molecule has 1 aromatic heterocycles. The van der Waals surface area contributed by atoms with E-state index >= 15 is 0 Å². The predicted molar refractivity (Wildman–Crippen MR) is 72.2 cm³/mol. The van der Waals surface area contributed by atoms with Crippen molar-refractivity contribution >= 4 is 0 Å². The van der Waals surface area contributed by atoms with Gasteiger partial charge in [0.05, 0.1) is 12.7 Å². The fourth-order valence-corrected chi connectivity index (χ4v) is 2.51. The van der Waals surface area contributed by atoms with Crippen LogP contribution in [0.4, 0.5) is 0 Å². The summed E-state index contributed by atoms with van der Waals surface area (Å²) in [4.78, 5) is 6.80. The Bertz CT molecular complexity index is 394. The maximum absolute atomic E-state index is 5.84. The zero-order valence-corrected chi connectivity index (χ0v) is 11.9. The van der Waals surface area contributed by atoms with Crippen LogP contribution in [0.15, 0.2) is 10.6 Å². The Hall–Kier alpha value is -0.870. The van der Waals surface area contributed by atoms with Crippen molar-refractivity contribution in [3.63, 3.8) is 0 Å². The molecule has 2 rings (SSSR count). The summed E-state index contributed by atoms with van der Waals surface area (Å²) in [7, 11) is 0. The van der Waals surface area contributed by atoms with Crippen molar-refractivity contribution in [1.82, 2.24) is 9.88 Å². The second-order valence-electron chi connectivity index (χ2n) is 6.48. The number of aromatic nitrogens is 1. The van der Waals surface area contributed by atoms with Crippen molar-refractivity contribution in [2.45, 2.75) is 52.1 Å². The molecule has 0 radical (unpaired) electrons. The van der Waals surface area contributed by atoms with Crippen LogP contribution in [0.25, 0.3) is 0 Å². The minimum atomic E-state index is 0.0294. The Balaban J connectivity index is 2.00. The minimum absolute atomic E-state index is 0.0294. The van der Waals surface area contributed by atoms with E-state index < -0.39 is 0 Å². The number of hydrogen-bond acceptors (Lipinski definition) is 4. The molecule has 18 heavy (non-hydrogen) atoms. The van der Waals surface area contributed by atoms with Crippen molar-refractivity contribution in [2.75, 3.05) is 13.1 Å². The number of nitrogens with zero attached hydrogens (tertiary/aromatic N) is 2. The van der Waals surface area contributed by atoms with Gasteiger partial charge in [0.2, 0.25) is 5.89 Å². The first kappa shape index (κ1) is 13.6. The smallest absolute Gasteiger partial charge is 0.208 e. The van der Waals surface area contributed by atoms with Gasteiger partial charge in [-0.2, -0.15) is 0 Å². The molecule has 0 amide bonds. The van der Waals surface area contributed by atoms with Gasteiger partial charge in [-0.15, -0.1) is 0 Å². The van der Waals surface area contributed by atoms with Crippen LogP contribution in [0.2, 0.25) is 0 Å². The lowest BCUT2D eigenvalue weighted by Crippen LogP contribution is -2.27. The summed E-state index contributed by atoms with van der Waals surface area (Å²) in [6, 6.07) is 0.573. The van der Waals surface area contributed by atoms with E-state index in [0.29, 0.717) is 12.0 Å². The van der Waals surface area contributed by atoms with Crippen LogP contribution in [0, 0.1) is 5.92 Å². The van der Waals surface area contributed by atoms with E-state index in [1.54, 1.807) is 0 Å². The SMILES string of the molecule is CC1CC(CN)CN1Cc1ncc(C(C)(C)C)o1. The van der Waals surface area contributed by atoms with Crippen molar-refractivity contribution in [3.05, 3.63) is 17.8 Å². The summed E-state index contributed by atoms with van der Waals surface area (Å²) in [5, 5.41) is 0. The van der Waals surface area contributed by atoms with Gasteiger partial charge in [-0.25, -0.2) is 4.98 Å². The van der Waals surface area contributed by atoms with Crippen molar-refractivity contribution in [3.8, 4) is 0 Å². The van der Waals surface area contributed by atoms with E-state index in [1.807, 2.05) is 6.20 Å². The third kappa shape index (κ3) is 2.93. The predicted octanol–water partition coefficient (Wildman–Crippen LogP) is 2.14. The largest absolute Gasteiger partial charge is 0.444 e. The van der Waals surface area contributed by atoms with Gasteiger partial charge in [0.1, 0.15) is 5.76 Å². The molecule has 1 aliphatic heterocycles. The number of oxazole rings is 1. The molecule has 1 aliphatic rings. The van der Waals surface area contributed by atoms with Crippen LogP contribution in [0.5, 0.6) is 0 Å². The average Bonchev–Trinajstić information content (AvgIpc) is 2.86. The number of rotatable bonds is 3. The second-order valence-corrected chi connectivity index (χ2v) is 6.48. The molecule has 4 nitrogen and oxygen atoms in total. The lowest BCUT2D eigenvalue weighted by molar-refractivity contribution is 0.224. The Morgan fingerprint density at radius 2 is 2.22 bits per heavy atom. The van der Waals surface area contributed by atoms with Crippen LogP contribution in [0.3, 0.4) is 0 Å². The molecule has 102 valence electrons. The zero-order chi connectivity index (χ0) is 13.3. The van der Waals surface area contributed by atoms with Gasteiger partial charge in [-0.3, -0.25) is 4.90 Å². The molecule has 1 fully saturated rings. The summed E-state index contributed by atoms with van der Waals surface area (Å²) < 4.78 is 5.84. The quantitative estimate of drug-likeness (QED) is 0.894. The average molecular weight is 251 g/mol. The fourth-order valence-electron chi connectivity index (χ4n) is 2.51. The molecule has 0 aliphatic carbocycles. The third-order valence-electron chi connectivity index (χ3n) is 3.75. The Morgan fingerprint density at radius 3 is 2.72 bits per heavy atom. The Labute approximate surface area is 110 Å². The highest BCUT2D eigenvalue weighted by Gasteiger charge is 2.29. The van der Waals surface area contributed by atoms with Gasteiger partial charge in [0, 0.05) is 18.0 Å². The molecule has 2 N–H and O–H groups in total. The fraction of sp³-hybridized carbons (Fsp3) is 0.786. The molecule has 2 atom stereocenters. The molecule has 0 spiro atoms. The van der Waals surface area contributed by atoms with Crippen molar-refractivity contribution < 1.29 is 4.42 Å². The van der Waals surface area contributed by atoms with E-state index in [9.17, 15) is 0 Å². The topological polar surface area (TPSA) is 55.3 Å². The molecule has 0 aromatic carbocycles. The molecular weight excluding hydrogens is 226 g/mol. The monoisotopic (exact) mass is 251 g/mol. The molecular formula is C14H25N3O. The first-order valence-corrected chi connectivity index (χ1v) is 6.79. The maximum atomic E-state index is 5.84. The summed E-state index contributed by atoms with van der Waals surface area (Å²) in [6.45, 7) is 11.3. The first-order valence-electron chi connectivity index (χ1n) is 6.79. The molecule has 4 heteroatoms. The highest BCUT2D eigenvalue weighted by molar-refractivity contribution is 5.06. The molecule has 0 saturated carbocycles. The molecule has 2 heterocycles. The number of hydrogen-bond donors (Lipinski definition) is 1. The van der Waals surface area contributed by atoms with Crippen LogP contribution < -0.4 is 5.73 Å². The van der Waals surface area contributed by atoms with Crippen molar-refractivity contribution in [1.29, 1.82) is 0 Å². The van der Waals surface area contributed by atoms with Gasteiger partial charge >= 0.3 is 0 Å². The molecule has 0 bridgehead atoms. The third-order valence-corrected chi connectivity index (χ3v) is 3.75. The van der Waals surface area contributed by atoms with Gasteiger partial charge < -0.3 is 10.2 Å². The highest BCUT2D eigenvalue weighted by Crippen LogP contribution is 2.26. The normalized spacial score (nSPS) is 25.8.